The van der Waals surface area contributed by atoms with Crippen LogP contribution in [0.15, 0.2) is 23.4 Å². The fourth-order valence-electron chi connectivity index (χ4n) is 2.46. The van der Waals surface area contributed by atoms with Crippen LogP contribution in [0.3, 0.4) is 0 Å². The van der Waals surface area contributed by atoms with Gasteiger partial charge < -0.3 is 10.4 Å². The largest absolute Gasteiger partial charge is 0.394 e. The number of nitrogens with one attached hydrogen (secondary N) is 2. The lowest BCUT2D eigenvalue weighted by Gasteiger charge is -2.29. The summed E-state index contributed by atoms with van der Waals surface area (Å²) in [6.07, 6.45) is 0.770. The Kier molecular flexibility index (Phi) is 7.06. The summed E-state index contributed by atoms with van der Waals surface area (Å²) in [6, 6.07) is 2.93. The van der Waals surface area contributed by atoms with E-state index in [1.165, 1.54) is 10.4 Å². The molecule has 8 nitrogen and oxygen atoms in total. The van der Waals surface area contributed by atoms with Crippen molar-refractivity contribution in [2.24, 2.45) is 0 Å². The van der Waals surface area contributed by atoms with Crippen molar-refractivity contribution in [1.82, 2.24) is 14.3 Å². The number of anilines is 2. The van der Waals surface area contributed by atoms with Crippen molar-refractivity contribution in [3.63, 3.8) is 0 Å². The molecule has 3 N–H and O–H groups in total. The van der Waals surface area contributed by atoms with E-state index in [1.54, 1.807) is 6.92 Å². The Labute approximate surface area is 176 Å². The van der Waals surface area contributed by atoms with Gasteiger partial charge in [0, 0.05) is 36.5 Å². The Hall–Kier alpha value is -2.09. The molecule has 1 saturated heterocycles. The smallest absolute Gasteiger partial charge is 0.302 e. The number of hydrogen-bond donors (Lipinski definition) is 3. The molecule has 0 unspecified atom stereocenters. The lowest BCUT2D eigenvalue weighted by atomic mass is 10.2. The van der Waals surface area contributed by atoms with Gasteiger partial charge >= 0.3 is 10.2 Å². The molecule has 0 spiro atoms. The van der Waals surface area contributed by atoms with E-state index in [1.807, 2.05) is 0 Å². The summed E-state index contributed by atoms with van der Waals surface area (Å²) >= 11 is 0.917. The van der Waals surface area contributed by atoms with E-state index in [2.05, 4.69) is 20.0 Å². The number of halogens is 3. The Morgan fingerprint density at radius 1 is 1.20 bits per heavy atom. The maximum Gasteiger partial charge on any atom is 0.302 e. The number of thioether (sulfide) groups is 1. The zero-order valence-electron chi connectivity index (χ0n) is 15.9. The molecule has 2 aromatic rings. The minimum absolute atomic E-state index is 0.0159. The first-order valence-corrected chi connectivity index (χ1v) is 11.4. The molecule has 164 valence electrons. The third-order valence-corrected chi connectivity index (χ3v) is 6.64. The molecule has 0 radical (unpaired) electrons. The van der Waals surface area contributed by atoms with Crippen molar-refractivity contribution in [2.75, 3.05) is 29.7 Å². The molecule has 1 fully saturated rings. The van der Waals surface area contributed by atoms with Gasteiger partial charge in [0.05, 0.1) is 6.61 Å². The van der Waals surface area contributed by atoms with Gasteiger partial charge in [-0.1, -0.05) is 17.8 Å². The highest BCUT2D eigenvalue weighted by molar-refractivity contribution is 7.98. The van der Waals surface area contributed by atoms with Crippen LogP contribution >= 0.6 is 11.8 Å². The van der Waals surface area contributed by atoms with E-state index in [4.69, 9.17) is 0 Å². The number of hydrogen-bond acceptors (Lipinski definition) is 7. The van der Waals surface area contributed by atoms with Crippen molar-refractivity contribution < 1.29 is 26.7 Å². The number of aromatic nitrogens is 2. The minimum Gasteiger partial charge on any atom is -0.394 e. The average Bonchev–Trinajstić information content (AvgIpc) is 2.63. The number of nitrogens with zero attached hydrogens (tertiary/aromatic N) is 3. The summed E-state index contributed by atoms with van der Waals surface area (Å²) in [5.74, 6) is -4.04. The van der Waals surface area contributed by atoms with E-state index in [0.717, 1.165) is 30.3 Å². The first kappa shape index (κ1) is 22.6. The van der Waals surface area contributed by atoms with Crippen LogP contribution in [0, 0.1) is 17.5 Å². The summed E-state index contributed by atoms with van der Waals surface area (Å²) in [7, 11) is -3.77. The van der Waals surface area contributed by atoms with E-state index in [9.17, 15) is 26.7 Å². The van der Waals surface area contributed by atoms with E-state index in [0.29, 0.717) is 13.1 Å². The van der Waals surface area contributed by atoms with Gasteiger partial charge in [0.2, 0.25) is 0 Å². The van der Waals surface area contributed by atoms with Crippen LogP contribution in [0.25, 0.3) is 0 Å². The SMILES string of the molecule is C[C@H](CO)Nc1cc(NS(=O)(=O)N2CCC2)nc(SCc2ccc(F)c(F)c2F)n1. The topological polar surface area (TPSA) is 107 Å². The summed E-state index contributed by atoms with van der Waals surface area (Å²) in [5.41, 5.74) is -0.0905. The summed E-state index contributed by atoms with van der Waals surface area (Å²) in [5, 5.41) is 12.2. The van der Waals surface area contributed by atoms with Gasteiger partial charge in [-0.3, -0.25) is 4.72 Å². The van der Waals surface area contributed by atoms with Crippen LogP contribution in [0.2, 0.25) is 0 Å². The van der Waals surface area contributed by atoms with Gasteiger partial charge in [0.25, 0.3) is 0 Å². The van der Waals surface area contributed by atoms with Crippen molar-refractivity contribution in [3.8, 4) is 0 Å². The molecule has 1 aromatic carbocycles. The lowest BCUT2D eigenvalue weighted by Crippen LogP contribution is -2.45. The molecular formula is C17H20F3N5O3S2. The standard InChI is InChI=1S/C17H20F3N5O3S2/c1-10(8-26)21-13-7-14(24-30(27,28)25-5-2-6-25)23-17(22-13)29-9-11-3-4-12(18)16(20)15(11)19/h3-4,7,10,26H,2,5-6,8-9H2,1H3,(H2,21,22,23,24)/t10-/m1/s1. The predicted octanol–water partition coefficient (Wildman–Crippen LogP) is 2.34. The van der Waals surface area contributed by atoms with Gasteiger partial charge in [-0.15, -0.1) is 0 Å². The second-order valence-electron chi connectivity index (χ2n) is 6.63. The molecule has 2 heterocycles. The summed E-state index contributed by atoms with van der Waals surface area (Å²) < 4.78 is 68.7. The van der Waals surface area contributed by atoms with Gasteiger partial charge in [0.15, 0.2) is 22.6 Å². The lowest BCUT2D eigenvalue weighted by molar-refractivity contribution is 0.281. The number of aliphatic hydroxyl groups is 1. The fourth-order valence-corrected chi connectivity index (χ4v) is 4.53. The molecule has 0 saturated carbocycles. The molecule has 0 aliphatic carbocycles. The first-order valence-electron chi connectivity index (χ1n) is 8.99. The maximum absolute atomic E-state index is 13.9. The molecule has 1 aromatic heterocycles. The Balaban J connectivity index is 1.83. The van der Waals surface area contributed by atoms with Gasteiger partial charge in [-0.2, -0.15) is 12.7 Å². The van der Waals surface area contributed by atoms with Crippen LogP contribution < -0.4 is 10.0 Å². The highest BCUT2D eigenvalue weighted by atomic mass is 32.2. The molecule has 3 rings (SSSR count). The Morgan fingerprint density at radius 2 is 1.90 bits per heavy atom. The van der Waals surface area contributed by atoms with Gasteiger partial charge in [0.1, 0.15) is 11.6 Å². The normalized spacial score (nSPS) is 15.5. The van der Waals surface area contributed by atoms with Crippen LogP contribution in [-0.4, -0.2) is 53.5 Å². The molecule has 0 bridgehead atoms. The second kappa shape index (κ2) is 9.37. The fraction of sp³-hybridized carbons (Fsp3) is 0.412. The highest BCUT2D eigenvalue weighted by Gasteiger charge is 2.28. The van der Waals surface area contributed by atoms with E-state index in [-0.39, 0.29) is 40.8 Å². The molecule has 1 aliphatic heterocycles. The Morgan fingerprint density at radius 3 is 2.53 bits per heavy atom. The average molecular weight is 464 g/mol. The van der Waals surface area contributed by atoms with Crippen molar-refractivity contribution in [3.05, 3.63) is 41.2 Å². The number of aliphatic hydroxyl groups excluding tert-OH is 1. The first-order chi connectivity index (χ1) is 14.2. The van der Waals surface area contributed by atoms with Crippen molar-refractivity contribution >= 4 is 33.6 Å². The molecule has 1 aliphatic rings. The Bertz CT molecular complexity index is 1020. The van der Waals surface area contributed by atoms with Gasteiger partial charge in [-0.05, 0) is 19.4 Å². The quantitative estimate of drug-likeness (QED) is 0.298. The molecule has 13 heteroatoms. The van der Waals surface area contributed by atoms with Crippen LogP contribution in [0.1, 0.15) is 18.9 Å². The predicted molar refractivity (Wildman–Crippen MR) is 107 cm³/mol. The number of benzene rings is 1. The number of rotatable bonds is 9. The summed E-state index contributed by atoms with van der Waals surface area (Å²) in [6.45, 7) is 2.31. The molecule has 1 atom stereocenters. The molecule has 0 amide bonds. The monoisotopic (exact) mass is 463 g/mol. The van der Waals surface area contributed by atoms with Crippen molar-refractivity contribution in [2.45, 2.75) is 30.3 Å². The summed E-state index contributed by atoms with van der Waals surface area (Å²) in [4.78, 5) is 8.33. The van der Waals surface area contributed by atoms with Crippen LogP contribution in [0.5, 0.6) is 0 Å². The minimum atomic E-state index is -3.77. The third-order valence-electron chi connectivity index (χ3n) is 4.23. The maximum atomic E-state index is 13.9. The van der Waals surface area contributed by atoms with Gasteiger partial charge in [-0.25, -0.2) is 23.1 Å². The second-order valence-corrected chi connectivity index (χ2v) is 9.24. The van der Waals surface area contributed by atoms with E-state index < -0.39 is 27.7 Å². The van der Waals surface area contributed by atoms with E-state index >= 15 is 0 Å². The highest BCUT2D eigenvalue weighted by Crippen LogP contribution is 2.27. The van der Waals surface area contributed by atoms with Crippen LogP contribution in [0.4, 0.5) is 24.8 Å². The molecular weight excluding hydrogens is 443 g/mol. The van der Waals surface area contributed by atoms with Crippen molar-refractivity contribution in [1.29, 1.82) is 0 Å². The molecule has 30 heavy (non-hydrogen) atoms. The third kappa shape index (κ3) is 5.33. The zero-order chi connectivity index (χ0) is 21.9. The van der Waals surface area contributed by atoms with Crippen LogP contribution in [-0.2, 0) is 16.0 Å². The zero-order valence-corrected chi connectivity index (χ0v) is 17.5.